The predicted molar refractivity (Wildman–Crippen MR) is 55.2 cm³/mol. The third-order valence-corrected chi connectivity index (χ3v) is 3.07. The van der Waals surface area contributed by atoms with Crippen LogP contribution in [0.5, 0.6) is 5.75 Å². The summed E-state index contributed by atoms with van der Waals surface area (Å²) in [5.74, 6) is -1.84. The lowest BCUT2D eigenvalue weighted by molar-refractivity contribution is -0.276. The second kappa shape index (κ2) is 5.31. The van der Waals surface area contributed by atoms with Gasteiger partial charge in [0.2, 0.25) is 10.0 Å². The van der Waals surface area contributed by atoms with Crippen molar-refractivity contribution >= 4 is 10.0 Å². The molecule has 0 saturated carbocycles. The Balaban J connectivity index is 3.78. The first-order valence-corrected chi connectivity index (χ1v) is 6.39. The van der Waals surface area contributed by atoms with Crippen LogP contribution in [0.15, 0.2) is 11.1 Å². The highest BCUT2D eigenvalue weighted by molar-refractivity contribution is 7.89. The van der Waals surface area contributed by atoms with E-state index in [0.29, 0.717) is 0 Å². The zero-order valence-electron chi connectivity index (χ0n) is 9.79. The maximum atomic E-state index is 12.9. The Kier molecular flexibility index (Phi) is 4.41. The van der Waals surface area contributed by atoms with Crippen molar-refractivity contribution < 1.29 is 39.5 Å². The first-order chi connectivity index (χ1) is 9.27. The highest BCUT2D eigenvalue weighted by Gasteiger charge is 2.44. The van der Waals surface area contributed by atoms with Crippen LogP contribution in [0, 0.1) is 0 Å². The van der Waals surface area contributed by atoms with Crippen molar-refractivity contribution in [1.29, 1.82) is 0 Å². The Morgan fingerprint density at radius 1 is 1.19 bits per heavy atom. The fourth-order valence-electron chi connectivity index (χ4n) is 1.44. The monoisotopic (exact) mass is 339 g/mol. The zero-order chi connectivity index (χ0) is 16.6. The standard InChI is InChI=1S/C8H7F6N3O3S/c9-7(10,11)5-4(20-8(12,13)14)2-17-3(1-15)6(5)21(16,18)19/h2H,1,15H2,(H2,16,18,19). The van der Waals surface area contributed by atoms with Gasteiger partial charge in [0.15, 0.2) is 5.75 Å². The molecule has 21 heavy (non-hydrogen) atoms. The van der Waals surface area contributed by atoms with Gasteiger partial charge in [0.25, 0.3) is 0 Å². The Morgan fingerprint density at radius 3 is 2.05 bits per heavy atom. The van der Waals surface area contributed by atoms with E-state index in [1.54, 1.807) is 0 Å². The lowest BCUT2D eigenvalue weighted by Crippen LogP contribution is -2.26. The normalized spacial score (nSPS) is 13.3. The quantitative estimate of drug-likeness (QED) is 0.802. The van der Waals surface area contributed by atoms with Gasteiger partial charge < -0.3 is 10.5 Å². The molecule has 0 amide bonds. The summed E-state index contributed by atoms with van der Waals surface area (Å²) < 4.78 is 101. The molecular formula is C8H7F6N3O3S. The van der Waals surface area contributed by atoms with Crippen LogP contribution in [0.2, 0.25) is 0 Å². The second-order valence-corrected chi connectivity index (χ2v) is 5.07. The van der Waals surface area contributed by atoms with Crippen LogP contribution in [0.4, 0.5) is 26.3 Å². The summed E-state index contributed by atoms with van der Waals surface area (Å²) in [6, 6.07) is 0. The van der Waals surface area contributed by atoms with Crippen LogP contribution in [0.1, 0.15) is 11.3 Å². The van der Waals surface area contributed by atoms with Crippen LogP contribution >= 0.6 is 0 Å². The van der Waals surface area contributed by atoms with Gasteiger partial charge in [-0.05, 0) is 0 Å². The zero-order valence-corrected chi connectivity index (χ0v) is 10.6. The number of halogens is 6. The molecule has 13 heteroatoms. The first kappa shape index (κ1) is 17.5. The third kappa shape index (κ3) is 4.18. The summed E-state index contributed by atoms with van der Waals surface area (Å²) in [5, 5.41) is 4.60. The van der Waals surface area contributed by atoms with Gasteiger partial charge in [-0.25, -0.2) is 13.6 Å². The highest BCUT2D eigenvalue weighted by atomic mass is 32.2. The number of nitrogens with two attached hydrogens (primary N) is 2. The molecule has 0 aliphatic rings. The van der Waals surface area contributed by atoms with Crippen LogP contribution in [-0.4, -0.2) is 19.8 Å². The summed E-state index contributed by atoms with van der Waals surface area (Å²) in [5.41, 5.74) is 1.98. The SMILES string of the molecule is NCc1ncc(OC(F)(F)F)c(C(F)(F)F)c1S(N)(=O)=O. The average Bonchev–Trinajstić information content (AvgIpc) is 2.23. The maximum Gasteiger partial charge on any atom is 0.573 e. The van der Waals surface area contributed by atoms with Gasteiger partial charge >= 0.3 is 12.5 Å². The van der Waals surface area contributed by atoms with Crippen molar-refractivity contribution in [2.24, 2.45) is 10.9 Å². The summed E-state index contributed by atoms with van der Waals surface area (Å²) in [6.07, 6.45) is -10.9. The molecule has 0 radical (unpaired) electrons. The van der Waals surface area contributed by atoms with E-state index in [-0.39, 0.29) is 6.20 Å². The molecular weight excluding hydrogens is 332 g/mol. The van der Waals surface area contributed by atoms with Gasteiger partial charge in [0, 0.05) is 6.54 Å². The molecule has 1 aromatic heterocycles. The smallest absolute Gasteiger partial charge is 0.403 e. The minimum absolute atomic E-state index is 0.0766. The van der Waals surface area contributed by atoms with E-state index in [4.69, 9.17) is 5.73 Å². The average molecular weight is 339 g/mol. The van der Waals surface area contributed by atoms with E-state index in [0.717, 1.165) is 0 Å². The Morgan fingerprint density at radius 2 is 1.71 bits per heavy atom. The van der Waals surface area contributed by atoms with E-state index in [1.165, 1.54) is 0 Å². The van der Waals surface area contributed by atoms with Crippen molar-refractivity contribution in [2.45, 2.75) is 24.0 Å². The number of rotatable bonds is 3. The predicted octanol–water partition coefficient (Wildman–Crippen LogP) is 1.11. The molecule has 0 atom stereocenters. The van der Waals surface area contributed by atoms with Gasteiger partial charge in [0.05, 0.1) is 11.9 Å². The van der Waals surface area contributed by atoms with E-state index in [9.17, 15) is 34.8 Å². The minimum Gasteiger partial charge on any atom is -0.403 e. The van der Waals surface area contributed by atoms with E-state index in [1.807, 2.05) is 0 Å². The fraction of sp³-hybridized carbons (Fsp3) is 0.375. The number of hydrogen-bond donors (Lipinski definition) is 2. The van der Waals surface area contributed by atoms with Crippen LogP contribution < -0.4 is 15.6 Å². The van der Waals surface area contributed by atoms with Gasteiger partial charge in [-0.1, -0.05) is 0 Å². The van der Waals surface area contributed by atoms with Gasteiger partial charge in [-0.15, -0.1) is 13.2 Å². The van der Waals surface area contributed by atoms with Crippen LogP contribution in [0.25, 0.3) is 0 Å². The fourth-order valence-corrected chi connectivity index (χ4v) is 2.40. The minimum atomic E-state index is -5.49. The van der Waals surface area contributed by atoms with Crippen molar-refractivity contribution in [3.8, 4) is 5.75 Å². The Bertz CT molecular complexity index is 640. The summed E-state index contributed by atoms with van der Waals surface area (Å²) in [7, 11) is -5.05. The molecule has 1 heterocycles. The van der Waals surface area contributed by atoms with E-state index in [2.05, 4.69) is 14.9 Å². The molecule has 0 fully saturated rings. The molecule has 120 valence electrons. The molecule has 0 bridgehead atoms. The summed E-state index contributed by atoms with van der Waals surface area (Å²) in [6.45, 7) is -0.791. The van der Waals surface area contributed by atoms with Crippen molar-refractivity contribution in [2.75, 3.05) is 0 Å². The number of sulfonamides is 1. The maximum absolute atomic E-state index is 12.9. The molecule has 4 N–H and O–H groups in total. The molecule has 0 unspecified atom stereocenters. The Labute approximate surface area is 113 Å². The molecule has 1 rings (SSSR count). The molecule has 0 saturated heterocycles. The molecule has 0 aliphatic heterocycles. The molecule has 0 spiro atoms. The largest absolute Gasteiger partial charge is 0.573 e. The number of aromatic nitrogens is 1. The van der Waals surface area contributed by atoms with E-state index >= 15 is 0 Å². The van der Waals surface area contributed by atoms with Crippen LogP contribution in [0.3, 0.4) is 0 Å². The number of alkyl halides is 6. The van der Waals surface area contributed by atoms with Crippen molar-refractivity contribution in [1.82, 2.24) is 4.98 Å². The number of primary sulfonamides is 1. The number of nitrogens with zero attached hydrogens (tertiary/aromatic N) is 1. The molecule has 1 aromatic rings. The van der Waals surface area contributed by atoms with Crippen molar-refractivity contribution in [3.63, 3.8) is 0 Å². The molecule has 6 nitrogen and oxygen atoms in total. The lowest BCUT2D eigenvalue weighted by Gasteiger charge is -2.19. The van der Waals surface area contributed by atoms with Gasteiger partial charge in [-0.3, -0.25) is 4.98 Å². The Hall–Kier alpha value is -1.60. The van der Waals surface area contributed by atoms with Crippen LogP contribution in [-0.2, 0) is 22.7 Å². The van der Waals surface area contributed by atoms with Gasteiger partial charge in [-0.2, -0.15) is 13.2 Å². The summed E-state index contributed by atoms with van der Waals surface area (Å²) >= 11 is 0. The van der Waals surface area contributed by atoms with Crippen molar-refractivity contribution in [3.05, 3.63) is 17.5 Å². The summed E-state index contributed by atoms with van der Waals surface area (Å²) in [4.78, 5) is 1.46. The number of ether oxygens (including phenoxy) is 1. The topological polar surface area (TPSA) is 108 Å². The highest BCUT2D eigenvalue weighted by Crippen LogP contribution is 2.42. The first-order valence-electron chi connectivity index (χ1n) is 4.85. The lowest BCUT2D eigenvalue weighted by atomic mass is 10.2. The third-order valence-electron chi connectivity index (χ3n) is 2.06. The number of pyridine rings is 1. The van der Waals surface area contributed by atoms with E-state index < -0.39 is 51.0 Å². The van der Waals surface area contributed by atoms with Gasteiger partial charge in [0.1, 0.15) is 10.5 Å². The molecule has 0 aromatic carbocycles. The second-order valence-electron chi connectivity index (χ2n) is 3.57. The molecule has 0 aliphatic carbocycles. The number of hydrogen-bond acceptors (Lipinski definition) is 5.